The van der Waals surface area contributed by atoms with Crippen molar-refractivity contribution >= 4 is 5.97 Å². The summed E-state index contributed by atoms with van der Waals surface area (Å²) >= 11 is 0. The number of rotatable bonds is 1. The molecule has 80 valence electrons. The van der Waals surface area contributed by atoms with E-state index in [9.17, 15) is 9.59 Å². The number of carbonyl (C=O) groups is 1. The van der Waals surface area contributed by atoms with Gasteiger partial charge < -0.3 is 4.74 Å². The molecule has 0 aromatic carbocycles. The van der Waals surface area contributed by atoms with Gasteiger partial charge in [0.25, 0.3) is 5.56 Å². The van der Waals surface area contributed by atoms with E-state index in [2.05, 4.69) is 14.9 Å². The van der Waals surface area contributed by atoms with Crippen molar-refractivity contribution in [3.63, 3.8) is 0 Å². The SMILES string of the molecule is COC(=O)[C@H]1CCc2n[nH]c(=O)cc2C1. The van der Waals surface area contributed by atoms with Crippen LogP contribution in [0.3, 0.4) is 0 Å². The Bertz CT molecular complexity index is 439. The zero-order valence-electron chi connectivity index (χ0n) is 8.45. The van der Waals surface area contributed by atoms with E-state index in [1.807, 2.05) is 0 Å². The van der Waals surface area contributed by atoms with E-state index in [-0.39, 0.29) is 17.4 Å². The average molecular weight is 208 g/mol. The number of H-pyrrole nitrogens is 1. The number of fused-ring (bicyclic) bond motifs is 1. The molecule has 0 radical (unpaired) electrons. The molecule has 1 N–H and O–H groups in total. The van der Waals surface area contributed by atoms with E-state index in [4.69, 9.17) is 0 Å². The number of methoxy groups -OCH3 is 1. The maximum absolute atomic E-state index is 11.3. The standard InChI is InChI=1S/C10H12N2O3/c1-15-10(14)6-2-3-8-7(4-6)5-9(13)12-11-8/h5-6H,2-4H2,1H3,(H,12,13)/t6-/m0/s1. The lowest BCUT2D eigenvalue weighted by molar-refractivity contribution is -0.145. The molecule has 1 aliphatic rings. The number of nitrogens with zero attached hydrogens (tertiary/aromatic N) is 1. The van der Waals surface area contributed by atoms with E-state index in [0.717, 1.165) is 17.7 Å². The molecule has 1 aromatic heterocycles. The molecule has 5 heteroatoms. The van der Waals surface area contributed by atoms with Crippen LogP contribution in [-0.2, 0) is 22.4 Å². The topological polar surface area (TPSA) is 72.0 Å². The van der Waals surface area contributed by atoms with E-state index in [0.29, 0.717) is 12.8 Å². The molecule has 2 rings (SSSR count). The van der Waals surface area contributed by atoms with Crippen LogP contribution in [0.5, 0.6) is 0 Å². The van der Waals surface area contributed by atoms with Gasteiger partial charge in [-0.1, -0.05) is 0 Å². The summed E-state index contributed by atoms with van der Waals surface area (Å²) < 4.78 is 4.69. The molecular formula is C10H12N2O3. The lowest BCUT2D eigenvalue weighted by atomic mass is 9.87. The van der Waals surface area contributed by atoms with Gasteiger partial charge in [0.1, 0.15) is 0 Å². The second-order valence-corrected chi connectivity index (χ2v) is 3.67. The van der Waals surface area contributed by atoms with Gasteiger partial charge in [-0.3, -0.25) is 9.59 Å². The third-order valence-electron chi connectivity index (χ3n) is 2.71. The van der Waals surface area contributed by atoms with E-state index in [1.54, 1.807) is 0 Å². The summed E-state index contributed by atoms with van der Waals surface area (Å²) in [6.07, 6.45) is 2.00. The van der Waals surface area contributed by atoms with Gasteiger partial charge in [0.2, 0.25) is 0 Å². The molecule has 0 fully saturated rings. The summed E-state index contributed by atoms with van der Waals surface area (Å²) in [6, 6.07) is 1.51. The Morgan fingerprint density at radius 3 is 3.20 bits per heavy atom. The van der Waals surface area contributed by atoms with Crippen molar-refractivity contribution in [2.45, 2.75) is 19.3 Å². The number of nitrogens with one attached hydrogen (secondary N) is 1. The Morgan fingerprint density at radius 1 is 1.67 bits per heavy atom. The van der Waals surface area contributed by atoms with Gasteiger partial charge in [-0.2, -0.15) is 5.10 Å². The summed E-state index contributed by atoms with van der Waals surface area (Å²) in [6.45, 7) is 0. The van der Waals surface area contributed by atoms with Crippen molar-refractivity contribution < 1.29 is 9.53 Å². The van der Waals surface area contributed by atoms with Crippen LogP contribution >= 0.6 is 0 Å². The van der Waals surface area contributed by atoms with Crippen LogP contribution in [0.4, 0.5) is 0 Å². The summed E-state index contributed by atoms with van der Waals surface area (Å²) in [5.74, 6) is -0.341. The Labute approximate surface area is 86.5 Å². The monoisotopic (exact) mass is 208 g/mol. The fraction of sp³-hybridized carbons (Fsp3) is 0.500. The Kier molecular flexibility index (Phi) is 2.53. The van der Waals surface area contributed by atoms with Crippen LogP contribution in [0.15, 0.2) is 10.9 Å². The molecule has 0 saturated carbocycles. The molecule has 1 atom stereocenters. The van der Waals surface area contributed by atoms with Crippen molar-refractivity contribution in [3.8, 4) is 0 Å². The molecule has 1 aromatic rings. The number of hydrogen-bond donors (Lipinski definition) is 1. The van der Waals surface area contributed by atoms with Gasteiger partial charge in [-0.25, -0.2) is 5.10 Å². The first kappa shape index (κ1) is 9.89. The van der Waals surface area contributed by atoms with Gasteiger partial charge in [0.15, 0.2) is 0 Å². The molecular weight excluding hydrogens is 196 g/mol. The number of aromatic nitrogens is 2. The average Bonchev–Trinajstić information content (AvgIpc) is 2.27. The minimum absolute atomic E-state index is 0.133. The van der Waals surface area contributed by atoms with Crippen molar-refractivity contribution in [2.24, 2.45) is 5.92 Å². The highest BCUT2D eigenvalue weighted by molar-refractivity contribution is 5.73. The molecule has 0 amide bonds. The number of aryl methyl sites for hydroxylation is 1. The van der Waals surface area contributed by atoms with E-state index < -0.39 is 0 Å². The molecule has 0 aliphatic heterocycles. The van der Waals surface area contributed by atoms with Crippen LogP contribution in [0.25, 0.3) is 0 Å². The zero-order chi connectivity index (χ0) is 10.8. The highest BCUT2D eigenvalue weighted by atomic mass is 16.5. The molecule has 0 spiro atoms. The van der Waals surface area contributed by atoms with E-state index >= 15 is 0 Å². The van der Waals surface area contributed by atoms with Crippen molar-refractivity contribution in [2.75, 3.05) is 7.11 Å². The lowest BCUT2D eigenvalue weighted by Crippen LogP contribution is -2.26. The van der Waals surface area contributed by atoms with Crippen molar-refractivity contribution in [3.05, 3.63) is 27.7 Å². The van der Waals surface area contributed by atoms with Gasteiger partial charge in [0, 0.05) is 6.07 Å². The molecule has 0 unspecified atom stereocenters. The van der Waals surface area contributed by atoms with Crippen molar-refractivity contribution in [1.82, 2.24) is 10.2 Å². The van der Waals surface area contributed by atoms with Crippen LogP contribution in [0.2, 0.25) is 0 Å². The minimum Gasteiger partial charge on any atom is -0.469 e. The molecule has 5 nitrogen and oxygen atoms in total. The van der Waals surface area contributed by atoms with Crippen molar-refractivity contribution in [1.29, 1.82) is 0 Å². The van der Waals surface area contributed by atoms with E-state index in [1.165, 1.54) is 13.2 Å². The van der Waals surface area contributed by atoms with Crippen LogP contribution in [0.1, 0.15) is 17.7 Å². The Balaban J connectivity index is 2.25. The summed E-state index contributed by atoms with van der Waals surface area (Å²) in [5, 5.41) is 6.34. The number of ether oxygens (including phenoxy) is 1. The smallest absolute Gasteiger partial charge is 0.309 e. The quantitative estimate of drug-likeness (QED) is 0.662. The maximum atomic E-state index is 11.3. The summed E-state index contributed by atoms with van der Waals surface area (Å²) in [7, 11) is 1.38. The Hall–Kier alpha value is -1.65. The minimum atomic E-state index is -0.223. The molecule has 1 aliphatic carbocycles. The summed E-state index contributed by atoms with van der Waals surface area (Å²) in [5.41, 5.74) is 1.52. The third kappa shape index (κ3) is 1.91. The van der Waals surface area contributed by atoms with Gasteiger partial charge >= 0.3 is 5.97 Å². The van der Waals surface area contributed by atoms with Crippen LogP contribution < -0.4 is 5.56 Å². The Morgan fingerprint density at radius 2 is 2.47 bits per heavy atom. The van der Waals surface area contributed by atoms with Gasteiger partial charge in [-0.05, 0) is 24.8 Å². The van der Waals surface area contributed by atoms with Gasteiger partial charge in [0.05, 0.1) is 18.7 Å². The predicted molar refractivity (Wildman–Crippen MR) is 52.4 cm³/mol. The number of hydrogen-bond acceptors (Lipinski definition) is 4. The highest BCUT2D eigenvalue weighted by Gasteiger charge is 2.26. The number of esters is 1. The number of aromatic amines is 1. The van der Waals surface area contributed by atoms with Crippen LogP contribution in [0, 0.1) is 5.92 Å². The predicted octanol–water partition coefficient (Wildman–Crippen LogP) is 0.0478. The lowest BCUT2D eigenvalue weighted by Gasteiger charge is -2.20. The fourth-order valence-electron chi connectivity index (χ4n) is 1.91. The maximum Gasteiger partial charge on any atom is 0.309 e. The molecule has 15 heavy (non-hydrogen) atoms. The first-order valence-electron chi connectivity index (χ1n) is 4.86. The largest absolute Gasteiger partial charge is 0.469 e. The molecule has 1 heterocycles. The van der Waals surface area contributed by atoms with Gasteiger partial charge in [-0.15, -0.1) is 0 Å². The second-order valence-electron chi connectivity index (χ2n) is 3.67. The normalized spacial score (nSPS) is 19.4. The first-order valence-corrected chi connectivity index (χ1v) is 4.86. The third-order valence-corrected chi connectivity index (χ3v) is 2.71. The fourth-order valence-corrected chi connectivity index (χ4v) is 1.91. The molecule has 0 saturated heterocycles. The highest BCUT2D eigenvalue weighted by Crippen LogP contribution is 2.23. The van der Waals surface area contributed by atoms with Crippen LogP contribution in [-0.4, -0.2) is 23.3 Å². The number of carbonyl (C=O) groups excluding carboxylic acids is 1. The summed E-state index contributed by atoms with van der Waals surface area (Å²) in [4.78, 5) is 22.4. The first-order chi connectivity index (χ1) is 7.20. The zero-order valence-corrected chi connectivity index (χ0v) is 8.45. The molecule has 0 bridgehead atoms. The second kappa shape index (κ2) is 3.84.